The van der Waals surface area contributed by atoms with E-state index in [9.17, 15) is 4.79 Å². The van der Waals surface area contributed by atoms with Crippen molar-refractivity contribution in [3.8, 4) is 0 Å². The van der Waals surface area contributed by atoms with E-state index in [0.717, 1.165) is 30.6 Å². The Morgan fingerprint density at radius 1 is 1.31 bits per heavy atom. The molecule has 0 atom stereocenters. The monoisotopic (exact) mass is 374 g/mol. The van der Waals surface area contributed by atoms with Gasteiger partial charge in [0.2, 0.25) is 0 Å². The van der Waals surface area contributed by atoms with Gasteiger partial charge >= 0.3 is 0 Å². The van der Waals surface area contributed by atoms with Crippen molar-refractivity contribution in [2.75, 3.05) is 0 Å². The number of carbonyl (C=O) groups excluding carboxylic acids is 1. The van der Waals surface area contributed by atoms with Crippen LogP contribution in [0.1, 0.15) is 67.7 Å². The smallest absolute Gasteiger partial charge is 0.267 e. The number of hydrazone groups is 1. The van der Waals surface area contributed by atoms with Crippen LogP contribution >= 0.6 is 11.6 Å². The first-order valence-corrected chi connectivity index (χ1v) is 9.28. The Morgan fingerprint density at radius 2 is 1.96 bits per heavy atom. The summed E-state index contributed by atoms with van der Waals surface area (Å²) in [5.74, 6) is -0.256. The standard InChI is InChI=1S/C20H27ClN4O/c1-6-7-12-25-18(21)17(14(2)24-25)13-22-23-19(26)15-8-10-16(11-9-15)20(3,4)5/h8-11,13H,6-7,12H2,1-5H3,(H,23,26)/b22-13-. The molecular formula is C20H27ClN4O. The minimum Gasteiger partial charge on any atom is -0.267 e. The van der Waals surface area contributed by atoms with Crippen LogP contribution < -0.4 is 5.43 Å². The normalized spacial score (nSPS) is 11.9. The van der Waals surface area contributed by atoms with Crippen LogP contribution in [-0.2, 0) is 12.0 Å². The summed E-state index contributed by atoms with van der Waals surface area (Å²) < 4.78 is 1.77. The highest BCUT2D eigenvalue weighted by atomic mass is 35.5. The Hall–Kier alpha value is -2.14. The number of hydrogen-bond acceptors (Lipinski definition) is 3. The zero-order chi connectivity index (χ0) is 19.3. The second-order valence-corrected chi connectivity index (χ2v) is 7.75. The van der Waals surface area contributed by atoms with Gasteiger partial charge in [-0.2, -0.15) is 10.2 Å². The second-order valence-electron chi connectivity index (χ2n) is 7.39. The Balaban J connectivity index is 2.04. The van der Waals surface area contributed by atoms with Crippen LogP contribution in [0.4, 0.5) is 0 Å². The predicted molar refractivity (Wildman–Crippen MR) is 107 cm³/mol. The fraction of sp³-hybridized carbons (Fsp3) is 0.450. The van der Waals surface area contributed by atoms with Crippen molar-refractivity contribution < 1.29 is 4.79 Å². The van der Waals surface area contributed by atoms with E-state index in [2.05, 4.69) is 43.3 Å². The SMILES string of the molecule is CCCCn1nc(C)c(/C=N\NC(=O)c2ccc(C(C)(C)C)cc2)c1Cl. The van der Waals surface area contributed by atoms with E-state index in [1.165, 1.54) is 5.56 Å². The van der Waals surface area contributed by atoms with Gasteiger partial charge in [-0.05, 0) is 36.5 Å². The number of rotatable bonds is 6. The van der Waals surface area contributed by atoms with Crippen molar-refractivity contribution in [3.63, 3.8) is 0 Å². The van der Waals surface area contributed by atoms with Crippen LogP contribution in [0.3, 0.4) is 0 Å². The maximum atomic E-state index is 12.2. The number of aromatic nitrogens is 2. The summed E-state index contributed by atoms with van der Waals surface area (Å²) in [6.45, 7) is 11.2. The van der Waals surface area contributed by atoms with E-state index in [-0.39, 0.29) is 11.3 Å². The van der Waals surface area contributed by atoms with Crippen LogP contribution in [-0.4, -0.2) is 21.9 Å². The van der Waals surface area contributed by atoms with Crippen LogP contribution in [0, 0.1) is 6.92 Å². The first-order valence-electron chi connectivity index (χ1n) is 8.91. The van der Waals surface area contributed by atoms with Crippen LogP contribution in [0.25, 0.3) is 0 Å². The van der Waals surface area contributed by atoms with E-state index in [1.54, 1.807) is 10.9 Å². The van der Waals surface area contributed by atoms with E-state index in [0.29, 0.717) is 10.7 Å². The maximum absolute atomic E-state index is 12.2. The highest BCUT2D eigenvalue weighted by Crippen LogP contribution is 2.22. The quantitative estimate of drug-likeness (QED) is 0.588. The molecule has 0 aliphatic carbocycles. The average molecular weight is 375 g/mol. The molecule has 1 aromatic carbocycles. The first-order chi connectivity index (χ1) is 12.2. The third-order valence-corrected chi connectivity index (χ3v) is 4.60. The van der Waals surface area contributed by atoms with Gasteiger partial charge in [0.25, 0.3) is 5.91 Å². The van der Waals surface area contributed by atoms with Crippen molar-refractivity contribution in [3.05, 3.63) is 51.8 Å². The molecule has 2 aromatic rings. The largest absolute Gasteiger partial charge is 0.271 e. The predicted octanol–water partition coefficient (Wildman–Crippen LogP) is 4.71. The molecule has 0 saturated carbocycles. The van der Waals surface area contributed by atoms with Gasteiger partial charge in [-0.1, -0.05) is 57.8 Å². The van der Waals surface area contributed by atoms with Gasteiger partial charge in [0.05, 0.1) is 17.5 Å². The lowest BCUT2D eigenvalue weighted by Crippen LogP contribution is -2.18. The van der Waals surface area contributed by atoms with Gasteiger partial charge in [-0.25, -0.2) is 5.43 Å². The van der Waals surface area contributed by atoms with Crippen LogP contribution in [0.15, 0.2) is 29.4 Å². The number of hydrogen-bond donors (Lipinski definition) is 1. The molecule has 0 aliphatic heterocycles. The van der Waals surface area contributed by atoms with Crippen molar-refractivity contribution in [2.45, 2.75) is 59.4 Å². The number of unbranched alkanes of at least 4 members (excludes halogenated alkanes) is 1. The van der Waals surface area contributed by atoms with E-state index in [1.807, 2.05) is 31.2 Å². The summed E-state index contributed by atoms with van der Waals surface area (Å²) in [6.07, 6.45) is 3.63. The molecule has 5 nitrogen and oxygen atoms in total. The van der Waals surface area contributed by atoms with Gasteiger partial charge in [0.15, 0.2) is 0 Å². The molecule has 0 fully saturated rings. The molecule has 26 heavy (non-hydrogen) atoms. The molecule has 140 valence electrons. The Morgan fingerprint density at radius 3 is 2.54 bits per heavy atom. The van der Waals surface area contributed by atoms with Crippen molar-refractivity contribution in [1.82, 2.24) is 15.2 Å². The third-order valence-electron chi connectivity index (χ3n) is 4.21. The Labute approximate surface area is 160 Å². The molecule has 1 N–H and O–H groups in total. The molecule has 0 spiro atoms. The minimum atomic E-state index is -0.256. The lowest BCUT2D eigenvalue weighted by atomic mass is 9.87. The topological polar surface area (TPSA) is 59.3 Å². The maximum Gasteiger partial charge on any atom is 0.271 e. The van der Waals surface area contributed by atoms with Crippen molar-refractivity contribution in [2.24, 2.45) is 5.10 Å². The summed E-state index contributed by atoms with van der Waals surface area (Å²) in [5.41, 5.74) is 5.87. The van der Waals surface area contributed by atoms with Gasteiger partial charge in [-0.3, -0.25) is 9.48 Å². The molecule has 0 unspecified atom stereocenters. The molecule has 1 heterocycles. The fourth-order valence-electron chi connectivity index (χ4n) is 2.51. The van der Waals surface area contributed by atoms with E-state index >= 15 is 0 Å². The number of halogens is 1. The molecule has 0 saturated heterocycles. The highest BCUT2D eigenvalue weighted by molar-refractivity contribution is 6.32. The Bertz CT molecular complexity index is 785. The number of nitrogens with zero attached hydrogens (tertiary/aromatic N) is 3. The summed E-state index contributed by atoms with van der Waals surface area (Å²) in [6, 6.07) is 7.56. The molecule has 2 rings (SSSR count). The van der Waals surface area contributed by atoms with E-state index in [4.69, 9.17) is 11.6 Å². The summed E-state index contributed by atoms with van der Waals surface area (Å²) in [7, 11) is 0. The molecule has 0 bridgehead atoms. The number of carbonyl (C=O) groups is 1. The molecule has 0 aliphatic rings. The number of amides is 1. The number of aryl methyl sites for hydroxylation is 2. The fourth-order valence-corrected chi connectivity index (χ4v) is 2.82. The van der Waals surface area contributed by atoms with Crippen molar-refractivity contribution >= 4 is 23.7 Å². The third kappa shape index (κ3) is 4.94. The number of benzene rings is 1. The molecule has 1 amide bonds. The Kier molecular flexibility index (Phi) is 6.59. The van der Waals surface area contributed by atoms with Gasteiger partial charge in [-0.15, -0.1) is 0 Å². The molecular weight excluding hydrogens is 348 g/mol. The first kappa shape index (κ1) is 20.2. The summed E-state index contributed by atoms with van der Waals surface area (Å²) in [4.78, 5) is 12.2. The molecule has 6 heteroatoms. The average Bonchev–Trinajstić information content (AvgIpc) is 2.86. The van der Waals surface area contributed by atoms with Gasteiger partial charge in [0.1, 0.15) is 5.15 Å². The molecule has 0 radical (unpaired) electrons. The molecule has 1 aromatic heterocycles. The van der Waals surface area contributed by atoms with E-state index < -0.39 is 0 Å². The van der Waals surface area contributed by atoms with Gasteiger partial charge in [0, 0.05) is 12.1 Å². The lowest BCUT2D eigenvalue weighted by Gasteiger charge is -2.18. The zero-order valence-corrected chi connectivity index (χ0v) is 16.9. The highest BCUT2D eigenvalue weighted by Gasteiger charge is 2.14. The van der Waals surface area contributed by atoms with Crippen LogP contribution in [0.5, 0.6) is 0 Å². The lowest BCUT2D eigenvalue weighted by molar-refractivity contribution is 0.0955. The minimum absolute atomic E-state index is 0.0549. The second kappa shape index (κ2) is 8.49. The van der Waals surface area contributed by atoms with Gasteiger partial charge < -0.3 is 0 Å². The van der Waals surface area contributed by atoms with Crippen LogP contribution in [0.2, 0.25) is 5.15 Å². The zero-order valence-electron chi connectivity index (χ0n) is 16.1. The summed E-state index contributed by atoms with van der Waals surface area (Å²) in [5, 5.41) is 9.00. The van der Waals surface area contributed by atoms with Crippen molar-refractivity contribution in [1.29, 1.82) is 0 Å². The summed E-state index contributed by atoms with van der Waals surface area (Å²) >= 11 is 6.35. The number of nitrogens with one attached hydrogen (secondary N) is 1.